The molecule has 0 heterocycles. The lowest BCUT2D eigenvalue weighted by Gasteiger charge is -2.09. The predicted molar refractivity (Wildman–Crippen MR) is 124 cm³/mol. The van der Waals surface area contributed by atoms with Gasteiger partial charge in [-0.25, -0.2) is 4.79 Å². The van der Waals surface area contributed by atoms with E-state index in [1.165, 1.54) is 31.4 Å². The average Bonchev–Trinajstić information content (AvgIpc) is 2.83. The number of amides is 1. The van der Waals surface area contributed by atoms with Gasteiger partial charge in [-0.05, 0) is 48.9 Å². The van der Waals surface area contributed by atoms with E-state index < -0.39 is 16.8 Å². The van der Waals surface area contributed by atoms with E-state index >= 15 is 0 Å². The van der Waals surface area contributed by atoms with Crippen molar-refractivity contribution >= 4 is 29.3 Å². The van der Waals surface area contributed by atoms with Crippen LogP contribution in [-0.2, 0) is 4.79 Å². The fraction of sp³-hybridized carbons (Fsp3) is 0.0800. The smallest absolute Gasteiger partial charge is 0.343 e. The van der Waals surface area contributed by atoms with Crippen molar-refractivity contribution in [3.8, 4) is 17.6 Å². The molecule has 9 heteroatoms. The third kappa shape index (κ3) is 5.83. The number of carbonyl (C=O) groups excluding carboxylic acids is 2. The molecule has 1 amide bonds. The van der Waals surface area contributed by atoms with Crippen molar-refractivity contribution in [1.29, 1.82) is 5.26 Å². The van der Waals surface area contributed by atoms with E-state index in [9.17, 15) is 25.0 Å². The number of ether oxygens (including phenoxy) is 2. The van der Waals surface area contributed by atoms with Crippen molar-refractivity contribution in [2.24, 2.45) is 0 Å². The van der Waals surface area contributed by atoms with Crippen molar-refractivity contribution in [2.45, 2.75) is 6.92 Å². The Hall–Kier alpha value is -4.97. The van der Waals surface area contributed by atoms with Crippen molar-refractivity contribution in [3.05, 3.63) is 99.1 Å². The Balaban J connectivity index is 1.72. The quantitative estimate of drug-likeness (QED) is 0.136. The number of nitrogens with one attached hydrogen (secondary N) is 1. The molecule has 0 unspecified atom stereocenters. The maximum atomic E-state index is 12.6. The Morgan fingerprint density at radius 3 is 2.32 bits per heavy atom. The number of rotatable bonds is 7. The van der Waals surface area contributed by atoms with Gasteiger partial charge in [-0.1, -0.05) is 29.8 Å². The van der Waals surface area contributed by atoms with Crippen LogP contribution in [0.4, 0.5) is 11.4 Å². The highest BCUT2D eigenvalue weighted by molar-refractivity contribution is 6.10. The standard InChI is InChI=1S/C25H19N3O6/c1-16-3-7-18(8-4-16)25(30)34-21-10-5-17(6-11-21)13-19(15-26)24(29)27-22-12-9-20(28(31)32)14-23(22)33-2/h3-14H,1-2H3,(H,27,29)/b19-13-. The number of benzene rings is 3. The van der Waals surface area contributed by atoms with Crippen LogP contribution >= 0.6 is 0 Å². The zero-order valence-corrected chi connectivity index (χ0v) is 18.3. The number of non-ortho nitro benzene ring substituents is 1. The summed E-state index contributed by atoms with van der Waals surface area (Å²) in [6.45, 7) is 1.92. The zero-order chi connectivity index (χ0) is 24.7. The van der Waals surface area contributed by atoms with Crippen LogP contribution in [0.2, 0.25) is 0 Å². The molecule has 3 aromatic carbocycles. The number of hydrogen-bond acceptors (Lipinski definition) is 7. The van der Waals surface area contributed by atoms with Gasteiger partial charge in [-0.3, -0.25) is 14.9 Å². The van der Waals surface area contributed by atoms with Gasteiger partial charge in [0.1, 0.15) is 23.1 Å². The van der Waals surface area contributed by atoms with Gasteiger partial charge in [0, 0.05) is 6.07 Å². The first-order chi connectivity index (χ1) is 16.3. The van der Waals surface area contributed by atoms with Crippen LogP contribution < -0.4 is 14.8 Å². The second kappa shape index (κ2) is 10.6. The van der Waals surface area contributed by atoms with Gasteiger partial charge >= 0.3 is 5.97 Å². The lowest BCUT2D eigenvalue weighted by atomic mass is 10.1. The summed E-state index contributed by atoms with van der Waals surface area (Å²) in [5.74, 6) is -0.831. The van der Waals surface area contributed by atoms with Crippen LogP contribution in [0, 0.1) is 28.4 Å². The minimum atomic E-state index is -0.718. The number of methoxy groups -OCH3 is 1. The van der Waals surface area contributed by atoms with Gasteiger partial charge in [0.05, 0.1) is 29.4 Å². The van der Waals surface area contributed by atoms with Crippen LogP contribution in [0.1, 0.15) is 21.5 Å². The van der Waals surface area contributed by atoms with Gasteiger partial charge < -0.3 is 14.8 Å². The molecule has 0 spiro atoms. The van der Waals surface area contributed by atoms with Gasteiger partial charge in [0.15, 0.2) is 0 Å². The largest absolute Gasteiger partial charge is 0.494 e. The van der Waals surface area contributed by atoms with E-state index in [2.05, 4.69) is 5.32 Å². The molecule has 0 saturated carbocycles. The number of nitrogens with zero attached hydrogens (tertiary/aromatic N) is 2. The van der Waals surface area contributed by atoms with E-state index in [4.69, 9.17) is 9.47 Å². The van der Waals surface area contributed by atoms with Crippen molar-refractivity contribution in [3.63, 3.8) is 0 Å². The maximum absolute atomic E-state index is 12.6. The summed E-state index contributed by atoms with van der Waals surface area (Å²) in [5, 5.41) is 22.9. The molecule has 0 aliphatic heterocycles. The summed E-state index contributed by atoms with van der Waals surface area (Å²) in [4.78, 5) is 35.1. The lowest BCUT2D eigenvalue weighted by Crippen LogP contribution is -2.14. The number of nitro benzene ring substituents is 1. The number of anilines is 1. The van der Waals surface area contributed by atoms with Gasteiger partial charge in [-0.2, -0.15) is 5.26 Å². The van der Waals surface area contributed by atoms with Crippen LogP contribution in [-0.4, -0.2) is 23.9 Å². The monoisotopic (exact) mass is 457 g/mol. The van der Waals surface area contributed by atoms with E-state index in [1.54, 1.807) is 36.4 Å². The summed E-state index contributed by atoms with van der Waals surface area (Å²) in [5.41, 5.74) is 1.74. The summed E-state index contributed by atoms with van der Waals surface area (Å²) >= 11 is 0. The molecule has 34 heavy (non-hydrogen) atoms. The number of nitro groups is 1. The minimum Gasteiger partial charge on any atom is -0.494 e. The van der Waals surface area contributed by atoms with Crippen molar-refractivity contribution < 1.29 is 24.0 Å². The summed E-state index contributed by atoms with van der Waals surface area (Å²) in [6.07, 6.45) is 1.36. The number of nitriles is 1. The molecule has 0 fully saturated rings. The second-order valence-corrected chi connectivity index (χ2v) is 7.09. The first-order valence-electron chi connectivity index (χ1n) is 9.95. The van der Waals surface area contributed by atoms with Crippen LogP contribution in [0.5, 0.6) is 11.5 Å². The van der Waals surface area contributed by atoms with E-state index in [0.717, 1.165) is 5.56 Å². The molecule has 0 atom stereocenters. The van der Waals surface area contributed by atoms with Gasteiger partial charge in [0.25, 0.3) is 11.6 Å². The maximum Gasteiger partial charge on any atom is 0.343 e. The Labute approximate surface area is 195 Å². The molecular formula is C25H19N3O6. The molecule has 9 nitrogen and oxygen atoms in total. The molecule has 1 N–H and O–H groups in total. The summed E-state index contributed by atoms with van der Waals surface area (Å²) in [6, 6.07) is 18.8. The molecule has 3 aromatic rings. The molecule has 0 radical (unpaired) electrons. The zero-order valence-electron chi connectivity index (χ0n) is 18.3. The van der Waals surface area contributed by atoms with E-state index in [-0.39, 0.29) is 22.7 Å². The fourth-order valence-electron chi connectivity index (χ4n) is 2.89. The molecule has 0 bridgehead atoms. The number of hydrogen-bond donors (Lipinski definition) is 1. The first kappa shape index (κ1) is 23.7. The highest BCUT2D eigenvalue weighted by Crippen LogP contribution is 2.29. The number of carbonyl (C=O) groups is 2. The normalized spacial score (nSPS) is 10.7. The van der Waals surface area contributed by atoms with Gasteiger partial charge in [0.2, 0.25) is 0 Å². The Bertz CT molecular complexity index is 1310. The molecule has 0 aliphatic rings. The molecule has 0 aliphatic carbocycles. The highest BCUT2D eigenvalue weighted by atomic mass is 16.6. The SMILES string of the molecule is COc1cc([N+](=O)[O-])ccc1NC(=O)/C(C#N)=C\c1ccc(OC(=O)c2ccc(C)cc2)cc1. The lowest BCUT2D eigenvalue weighted by molar-refractivity contribution is -0.384. The molecule has 0 aromatic heterocycles. The van der Waals surface area contributed by atoms with Crippen LogP contribution in [0.15, 0.2) is 72.3 Å². The Morgan fingerprint density at radius 2 is 1.74 bits per heavy atom. The molecule has 0 saturated heterocycles. The first-order valence-corrected chi connectivity index (χ1v) is 9.95. The summed E-state index contributed by atoms with van der Waals surface area (Å²) < 4.78 is 10.4. The molecular weight excluding hydrogens is 438 g/mol. The highest BCUT2D eigenvalue weighted by Gasteiger charge is 2.16. The molecule has 170 valence electrons. The summed E-state index contributed by atoms with van der Waals surface area (Å²) in [7, 11) is 1.31. The fourth-order valence-corrected chi connectivity index (χ4v) is 2.89. The third-order valence-corrected chi connectivity index (χ3v) is 4.70. The average molecular weight is 457 g/mol. The second-order valence-electron chi connectivity index (χ2n) is 7.09. The number of aryl methyl sites for hydroxylation is 1. The topological polar surface area (TPSA) is 132 Å². The predicted octanol–water partition coefficient (Wildman–Crippen LogP) is 4.68. The van der Waals surface area contributed by atoms with Crippen molar-refractivity contribution in [1.82, 2.24) is 0 Å². The Kier molecular flexibility index (Phi) is 7.36. The minimum absolute atomic E-state index is 0.0829. The van der Waals surface area contributed by atoms with E-state index in [1.807, 2.05) is 25.1 Å². The van der Waals surface area contributed by atoms with Crippen LogP contribution in [0.3, 0.4) is 0 Å². The molecule has 3 rings (SSSR count). The van der Waals surface area contributed by atoms with Crippen LogP contribution in [0.25, 0.3) is 6.08 Å². The van der Waals surface area contributed by atoms with E-state index in [0.29, 0.717) is 16.9 Å². The third-order valence-electron chi connectivity index (χ3n) is 4.70. The van der Waals surface area contributed by atoms with Crippen molar-refractivity contribution in [2.75, 3.05) is 12.4 Å². The number of esters is 1. The van der Waals surface area contributed by atoms with Gasteiger partial charge in [-0.15, -0.1) is 0 Å². The Morgan fingerprint density at radius 1 is 1.06 bits per heavy atom.